The Morgan fingerprint density at radius 3 is 1.96 bits per heavy atom. The van der Waals surface area contributed by atoms with Crippen molar-refractivity contribution < 1.29 is 0 Å². The van der Waals surface area contributed by atoms with Crippen LogP contribution < -0.4 is 0 Å². The minimum atomic E-state index is 0.590. The first-order valence-corrected chi connectivity index (χ1v) is 8.26. The fraction of sp³-hybridized carbons (Fsp3) is 0.190. The highest BCUT2D eigenvalue weighted by Crippen LogP contribution is 2.21. The first kappa shape index (κ1) is 17.8. The molecule has 3 heteroatoms. The Morgan fingerprint density at radius 2 is 1.58 bits per heavy atom. The molecule has 0 N–H and O–H groups in total. The molecule has 0 amide bonds. The summed E-state index contributed by atoms with van der Waals surface area (Å²) in [5.41, 5.74) is 3.36. The fourth-order valence-corrected chi connectivity index (χ4v) is 2.34. The SMILES string of the molecule is CCC(C)n1ccnc1.[B]C=C(c1ccccc1)c1ccccc1. The smallest absolute Gasteiger partial charge is 0.103 e. The molecule has 0 spiro atoms. The number of benzene rings is 2. The lowest BCUT2D eigenvalue weighted by Gasteiger charge is -2.07. The van der Waals surface area contributed by atoms with Crippen molar-refractivity contribution in [2.75, 3.05) is 0 Å². The molecule has 3 aromatic rings. The number of aromatic nitrogens is 2. The summed E-state index contributed by atoms with van der Waals surface area (Å²) in [5.74, 6) is 1.66. The second-order valence-corrected chi connectivity index (χ2v) is 5.58. The molecule has 2 aromatic carbocycles. The molecule has 1 unspecified atom stereocenters. The maximum Gasteiger partial charge on any atom is 0.103 e. The second-order valence-electron chi connectivity index (χ2n) is 5.58. The number of imidazole rings is 1. The van der Waals surface area contributed by atoms with Gasteiger partial charge in [-0.1, -0.05) is 67.6 Å². The Balaban J connectivity index is 0.000000198. The van der Waals surface area contributed by atoms with Crippen molar-refractivity contribution in [1.29, 1.82) is 0 Å². The van der Waals surface area contributed by atoms with Gasteiger partial charge in [0.15, 0.2) is 0 Å². The molecule has 1 aromatic heterocycles. The van der Waals surface area contributed by atoms with E-state index in [2.05, 4.69) is 47.7 Å². The number of hydrogen-bond donors (Lipinski definition) is 0. The Bertz CT molecular complexity index is 678. The third-order valence-corrected chi connectivity index (χ3v) is 3.96. The first-order valence-electron chi connectivity index (χ1n) is 8.26. The maximum absolute atomic E-state index is 5.67. The van der Waals surface area contributed by atoms with Gasteiger partial charge in [0.05, 0.1) is 6.33 Å². The van der Waals surface area contributed by atoms with E-state index in [9.17, 15) is 0 Å². The molecule has 2 nitrogen and oxygen atoms in total. The molecule has 1 atom stereocenters. The predicted octanol–water partition coefficient (Wildman–Crippen LogP) is 5.10. The zero-order valence-electron chi connectivity index (χ0n) is 14.3. The van der Waals surface area contributed by atoms with E-state index < -0.39 is 0 Å². The standard InChI is InChI=1S/C14H11B.C7H12N2/c15-11-14(12-7-3-1-4-8-12)13-9-5-2-6-10-13;1-3-7(2)9-5-4-8-6-9/h1-11H;4-7H,3H2,1-2H3. The Morgan fingerprint density at radius 1 is 1.04 bits per heavy atom. The fourth-order valence-electron chi connectivity index (χ4n) is 2.34. The number of rotatable bonds is 4. The van der Waals surface area contributed by atoms with Crippen molar-refractivity contribution in [3.8, 4) is 0 Å². The molecule has 120 valence electrons. The van der Waals surface area contributed by atoms with Gasteiger partial charge in [0.1, 0.15) is 7.85 Å². The van der Waals surface area contributed by atoms with Gasteiger partial charge in [-0.05, 0) is 30.0 Å². The van der Waals surface area contributed by atoms with Gasteiger partial charge in [-0.25, -0.2) is 4.98 Å². The molecular formula is C21H23BN2. The zero-order chi connectivity index (χ0) is 17.2. The highest BCUT2D eigenvalue weighted by molar-refractivity contribution is 6.21. The van der Waals surface area contributed by atoms with Crippen LogP contribution >= 0.6 is 0 Å². The molecule has 0 fully saturated rings. The van der Waals surface area contributed by atoms with Crippen LogP contribution in [0.25, 0.3) is 5.57 Å². The molecule has 0 bridgehead atoms. The Labute approximate surface area is 146 Å². The van der Waals surface area contributed by atoms with Gasteiger partial charge in [0.25, 0.3) is 0 Å². The van der Waals surface area contributed by atoms with Crippen LogP contribution in [-0.4, -0.2) is 17.4 Å². The van der Waals surface area contributed by atoms with Crippen LogP contribution in [0.4, 0.5) is 0 Å². The average molecular weight is 314 g/mol. The van der Waals surface area contributed by atoms with Crippen LogP contribution in [-0.2, 0) is 0 Å². The summed E-state index contributed by atoms with van der Waals surface area (Å²) in [7, 11) is 5.67. The molecule has 3 rings (SSSR count). The quantitative estimate of drug-likeness (QED) is 0.613. The molecule has 24 heavy (non-hydrogen) atoms. The zero-order valence-corrected chi connectivity index (χ0v) is 14.3. The van der Waals surface area contributed by atoms with E-state index in [0.717, 1.165) is 23.1 Å². The van der Waals surface area contributed by atoms with Crippen LogP contribution in [0.5, 0.6) is 0 Å². The van der Waals surface area contributed by atoms with Crippen molar-refractivity contribution >= 4 is 13.4 Å². The summed E-state index contributed by atoms with van der Waals surface area (Å²) in [6.45, 7) is 4.35. The number of nitrogens with zero attached hydrogens (tertiary/aromatic N) is 2. The van der Waals surface area contributed by atoms with Gasteiger partial charge in [-0.15, -0.1) is 5.98 Å². The van der Waals surface area contributed by atoms with Gasteiger partial charge in [-0.3, -0.25) is 0 Å². The monoisotopic (exact) mass is 314 g/mol. The summed E-state index contributed by atoms with van der Waals surface area (Å²) in [5, 5.41) is 0. The maximum atomic E-state index is 5.67. The van der Waals surface area contributed by atoms with E-state index in [0.29, 0.717) is 6.04 Å². The molecule has 0 saturated carbocycles. The lowest BCUT2D eigenvalue weighted by molar-refractivity contribution is 0.530. The third-order valence-electron chi connectivity index (χ3n) is 3.96. The van der Waals surface area contributed by atoms with Gasteiger partial charge in [-0.2, -0.15) is 0 Å². The van der Waals surface area contributed by atoms with Crippen LogP contribution in [0.3, 0.4) is 0 Å². The van der Waals surface area contributed by atoms with Crippen molar-refractivity contribution in [1.82, 2.24) is 9.55 Å². The molecule has 2 radical (unpaired) electrons. The van der Waals surface area contributed by atoms with E-state index in [1.165, 1.54) is 0 Å². The minimum absolute atomic E-state index is 0.590. The summed E-state index contributed by atoms with van der Waals surface area (Å²) >= 11 is 0. The van der Waals surface area contributed by atoms with Gasteiger partial charge < -0.3 is 4.57 Å². The highest BCUT2D eigenvalue weighted by atomic mass is 15.0. The van der Waals surface area contributed by atoms with E-state index in [4.69, 9.17) is 7.85 Å². The van der Waals surface area contributed by atoms with Crippen molar-refractivity contribution in [2.45, 2.75) is 26.3 Å². The van der Waals surface area contributed by atoms with Crippen molar-refractivity contribution in [3.05, 3.63) is 96.5 Å². The minimum Gasteiger partial charge on any atom is -0.335 e. The van der Waals surface area contributed by atoms with E-state index in [1.54, 1.807) is 5.98 Å². The van der Waals surface area contributed by atoms with Crippen LogP contribution in [0, 0.1) is 0 Å². The second kappa shape index (κ2) is 9.56. The summed E-state index contributed by atoms with van der Waals surface area (Å²) in [4.78, 5) is 3.95. The normalized spacial score (nSPS) is 11.1. The van der Waals surface area contributed by atoms with Crippen LogP contribution in [0.2, 0.25) is 0 Å². The number of hydrogen-bond acceptors (Lipinski definition) is 1. The third kappa shape index (κ3) is 4.99. The average Bonchev–Trinajstić information content (AvgIpc) is 3.19. The van der Waals surface area contributed by atoms with Crippen molar-refractivity contribution in [2.24, 2.45) is 0 Å². The summed E-state index contributed by atoms with van der Waals surface area (Å²) in [6.07, 6.45) is 6.82. The lowest BCUT2D eigenvalue weighted by atomic mass is 9.92. The predicted molar refractivity (Wildman–Crippen MR) is 103 cm³/mol. The van der Waals surface area contributed by atoms with E-state index in [1.807, 2.05) is 55.1 Å². The lowest BCUT2D eigenvalue weighted by Crippen LogP contribution is -1.99. The van der Waals surface area contributed by atoms with Crippen LogP contribution in [0.15, 0.2) is 85.4 Å². The molecule has 1 heterocycles. The molecular weight excluding hydrogens is 291 g/mol. The highest BCUT2D eigenvalue weighted by Gasteiger charge is 2.01. The van der Waals surface area contributed by atoms with E-state index in [-0.39, 0.29) is 0 Å². The van der Waals surface area contributed by atoms with Gasteiger partial charge >= 0.3 is 0 Å². The summed E-state index contributed by atoms with van der Waals surface area (Å²) < 4.78 is 2.11. The molecule has 0 aliphatic heterocycles. The summed E-state index contributed by atoms with van der Waals surface area (Å²) in [6, 6.07) is 20.9. The van der Waals surface area contributed by atoms with Crippen molar-refractivity contribution in [3.63, 3.8) is 0 Å². The Hall–Kier alpha value is -2.55. The molecule has 0 aliphatic rings. The van der Waals surface area contributed by atoms with Gasteiger partial charge in [0, 0.05) is 18.4 Å². The molecule has 0 saturated heterocycles. The topological polar surface area (TPSA) is 17.8 Å². The largest absolute Gasteiger partial charge is 0.335 e. The molecule has 0 aliphatic carbocycles. The van der Waals surface area contributed by atoms with E-state index >= 15 is 0 Å². The Kier molecular flexibility index (Phi) is 7.09. The van der Waals surface area contributed by atoms with Gasteiger partial charge in [0.2, 0.25) is 0 Å². The van der Waals surface area contributed by atoms with Crippen LogP contribution in [0.1, 0.15) is 37.4 Å². The first-order chi connectivity index (χ1) is 11.8.